The third-order valence-corrected chi connectivity index (χ3v) is 7.35. The first-order chi connectivity index (χ1) is 16.4. The average molecular weight is 485 g/mol. The summed E-state index contributed by atoms with van der Waals surface area (Å²) in [6, 6.07) is 27.8. The molecule has 0 saturated heterocycles. The zero-order valence-electron chi connectivity index (χ0n) is 18.6. The lowest BCUT2D eigenvalue weighted by molar-refractivity contribution is 0.104. The van der Waals surface area contributed by atoms with Crippen LogP contribution in [0.3, 0.4) is 0 Å². The fraction of sp³-hybridized carbons (Fsp3) is 0.138. The molecule has 0 fully saturated rings. The highest BCUT2D eigenvalue weighted by molar-refractivity contribution is 7.99. The number of carbonyl (C=O) groups is 1. The molecule has 0 aliphatic heterocycles. The minimum atomic E-state index is -0.587. The van der Waals surface area contributed by atoms with E-state index in [9.17, 15) is 15.0 Å². The van der Waals surface area contributed by atoms with E-state index < -0.39 is 11.5 Å². The molecule has 170 valence electrons. The molecule has 0 bridgehead atoms. The summed E-state index contributed by atoms with van der Waals surface area (Å²) in [7, 11) is 0. The molecule has 0 radical (unpaired) electrons. The van der Waals surface area contributed by atoms with Crippen molar-refractivity contribution in [2.75, 3.05) is 5.75 Å². The number of aliphatic hydroxyl groups is 2. The van der Waals surface area contributed by atoms with E-state index in [1.165, 1.54) is 11.8 Å². The Morgan fingerprint density at radius 1 is 0.706 bits per heavy atom. The number of hydrogen-bond acceptors (Lipinski definition) is 5. The second-order valence-corrected chi connectivity index (χ2v) is 10.2. The molecule has 4 aromatic carbocycles. The molecule has 0 amide bonds. The van der Waals surface area contributed by atoms with Crippen LogP contribution in [0.5, 0.6) is 0 Å². The van der Waals surface area contributed by atoms with Gasteiger partial charge in [0.05, 0.1) is 6.10 Å². The third kappa shape index (κ3) is 4.32. The van der Waals surface area contributed by atoms with Gasteiger partial charge in [0, 0.05) is 21.8 Å². The van der Waals surface area contributed by atoms with E-state index in [2.05, 4.69) is 18.7 Å². The topological polar surface area (TPSA) is 57.5 Å². The SMILES string of the molecule is CC(O)Sc1ccc(-c2ccc3c(c2)C(=O)c2cc(-c4ccc(C(O)CS)cc4)ccc2-3)cc1. The molecular formula is C29H24O3S2. The number of hydrogen-bond donors (Lipinski definition) is 3. The minimum Gasteiger partial charge on any atom is -0.388 e. The van der Waals surface area contributed by atoms with Gasteiger partial charge in [-0.2, -0.15) is 12.6 Å². The molecular weight excluding hydrogens is 460 g/mol. The van der Waals surface area contributed by atoms with Gasteiger partial charge in [0.15, 0.2) is 5.78 Å². The Hall–Kier alpha value is -2.83. The summed E-state index contributed by atoms with van der Waals surface area (Å²) in [4.78, 5) is 14.3. The summed E-state index contributed by atoms with van der Waals surface area (Å²) in [6.45, 7) is 1.75. The van der Waals surface area contributed by atoms with Crippen molar-refractivity contribution in [1.82, 2.24) is 0 Å². The molecule has 1 aliphatic carbocycles. The van der Waals surface area contributed by atoms with Gasteiger partial charge < -0.3 is 10.2 Å². The lowest BCUT2D eigenvalue weighted by Crippen LogP contribution is -1.98. The maximum absolute atomic E-state index is 13.3. The van der Waals surface area contributed by atoms with Crippen LogP contribution in [0.25, 0.3) is 33.4 Å². The number of rotatable bonds is 6. The third-order valence-electron chi connectivity index (χ3n) is 6.11. The molecule has 1 aliphatic rings. The van der Waals surface area contributed by atoms with Gasteiger partial charge in [-0.3, -0.25) is 4.79 Å². The van der Waals surface area contributed by atoms with Crippen molar-refractivity contribution in [3.05, 3.63) is 102 Å². The van der Waals surface area contributed by atoms with E-state index in [-0.39, 0.29) is 5.78 Å². The van der Waals surface area contributed by atoms with Crippen LogP contribution >= 0.6 is 24.4 Å². The van der Waals surface area contributed by atoms with Gasteiger partial charge in [-0.1, -0.05) is 72.4 Å². The minimum absolute atomic E-state index is 0.0390. The number of thiol groups is 1. The van der Waals surface area contributed by atoms with Crippen molar-refractivity contribution >= 4 is 30.2 Å². The Labute approximate surface area is 208 Å². The van der Waals surface area contributed by atoms with Crippen LogP contribution < -0.4 is 0 Å². The van der Waals surface area contributed by atoms with Crippen molar-refractivity contribution in [2.24, 2.45) is 0 Å². The molecule has 2 N–H and O–H groups in total. The first-order valence-electron chi connectivity index (χ1n) is 11.1. The Morgan fingerprint density at radius 3 is 1.65 bits per heavy atom. The van der Waals surface area contributed by atoms with E-state index in [1.54, 1.807) is 6.92 Å². The van der Waals surface area contributed by atoms with Crippen molar-refractivity contribution in [2.45, 2.75) is 23.4 Å². The Balaban J connectivity index is 1.44. The van der Waals surface area contributed by atoms with E-state index in [4.69, 9.17) is 0 Å². The summed E-state index contributed by atoms with van der Waals surface area (Å²) < 4.78 is 0. The van der Waals surface area contributed by atoms with Crippen LogP contribution in [0.15, 0.2) is 89.8 Å². The smallest absolute Gasteiger partial charge is 0.194 e. The molecule has 5 heteroatoms. The summed E-state index contributed by atoms with van der Waals surface area (Å²) >= 11 is 5.55. The first kappa shape index (κ1) is 22.9. The van der Waals surface area contributed by atoms with Crippen LogP contribution in [0.1, 0.15) is 34.5 Å². The number of benzene rings is 4. The van der Waals surface area contributed by atoms with Crippen molar-refractivity contribution in [1.29, 1.82) is 0 Å². The van der Waals surface area contributed by atoms with Crippen LogP contribution in [-0.4, -0.2) is 27.2 Å². The zero-order valence-corrected chi connectivity index (χ0v) is 20.3. The standard InChI is InChI=1S/C29H24O3S2/c1-17(30)34-23-10-6-19(7-11-23)22-9-13-25-24-12-8-21(14-26(24)29(32)27(25)15-22)18-2-4-20(5-3-18)28(31)16-33/h2-15,17,28,30-31,33H,16H2,1H3. The number of ketones is 1. The van der Waals surface area contributed by atoms with Gasteiger partial charge in [0.2, 0.25) is 0 Å². The van der Waals surface area contributed by atoms with Gasteiger partial charge in [-0.15, -0.1) is 0 Å². The second kappa shape index (κ2) is 9.43. The monoisotopic (exact) mass is 484 g/mol. The van der Waals surface area contributed by atoms with Gasteiger partial charge in [0.1, 0.15) is 5.44 Å². The Bertz CT molecular complexity index is 1360. The quantitative estimate of drug-likeness (QED) is 0.144. The van der Waals surface area contributed by atoms with Gasteiger partial charge in [-0.25, -0.2) is 0 Å². The molecule has 5 rings (SSSR count). The molecule has 34 heavy (non-hydrogen) atoms. The molecule has 0 saturated carbocycles. The normalized spacial score (nSPS) is 13.9. The van der Waals surface area contributed by atoms with Gasteiger partial charge >= 0.3 is 0 Å². The van der Waals surface area contributed by atoms with E-state index in [0.717, 1.165) is 49.4 Å². The van der Waals surface area contributed by atoms with Crippen LogP contribution in [0, 0.1) is 0 Å². The summed E-state index contributed by atoms with van der Waals surface area (Å²) in [5, 5.41) is 19.5. The highest BCUT2D eigenvalue weighted by Crippen LogP contribution is 2.40. The van der Waals surface area contributed by atoms with E-state index in [0.29, 0.717) is 11.3 Å². The lowest BCUT2D eigenvalue weighted by atomic mass is 9.97. The van der Waals surface area contributed by atoms with Crippen molar-refractivity contribution < 1.29 is 15.0 Å². The summed E-state index contributed by atoms with van der Waals surface area (Å²) in [5.41, 5.74) is 7.73. The maximum Gasteiger partial charge on any atom is 0.194 e. The van der Waals surface area contributed by atoms with Crippen molar-refractivity contribution in [3.8, 4) is 33.4 Å². The Morgan fingerprint density at radius 2 is 1.18 bits per heavy atom. The predicted octanol–water partition coefficient (Wildman–Crippen LogP) is 6.63. The highest BCUT2D eigenvalue weighted by atomic mass is 32.2. The van der Waals surface area contributed by atoms with E-state index in [1.807, 2.05) is 78.9 Å². The largest absolute Gasteiger partial charge is 0.388 e. The van der Waals surface area contributed by atoms with Crippen molar-refractivity contribution in [3.63, 3.8) is 0 Å². The fourth-order valence-electron chi connectivity index (χ4n) is 4.36. The molecule has 2 unspecified atom stereocenters. The molecule has 0 heterocycles. The highest BCUT2D eigenvalue weighted by Gasteiger charge is 2.27. The zero-order chi connectivity index (χ0) is 23.8. The maximum atomic E-state index is 13.3. The van der Waals surface area contributed by atoms with Crippen LogP contribution in [0.4, 0.5) is 0 Å². The van der Waals surface area contributed by atoms with Crippen LogP contribution in [-0.2, 0) is 0 Å². The summed E-state index contributed by atoms with van der Waals surface area (Å²) in [6.07, 6.45) is -0.587. The predicted molar refractivity (Wildman–Crippen MR) is 143 cm³/mol. The summed E-state index contributed by atoms with van der Waals surface area (Å²) in [5.74, 6) is 0.412. The van der Waals surface area contributed by atoms with E-state index >= 15 is 0 Å². The molecule has 0 spiro atoms. The molecule has 4 aromatic rings. The number of thioether (sulfide) groups is 1. The molecule has 0 aromatic heterocycles. The van der Waals surface area contributed by atoms with Gasteiger partial charge in [-0.05, 0) is 70.1 Å². The number of fused-ring (bicyclic) bond motifs is 3. The number of carbonyl (C=O) groups excluding carboxylic acids is 1. The first-order valence-corrected chi connectivity index (χ1v) is 12.6. The number of aliphatic hydroxyl groups excluding tert-OH is 2. The molecule has 3 nitrogen and oxygen atoms in total. The fourth-order valence-corrected chi connectivity index (χ4v) is 5.26. The average Bonchev–Trinajstić information content (AvgIpc) is 3.14. The Kier molecular flexibility index (Phi) is 6.36. The van der Waals surface area contributed by atoms with Crippen LogP contribution in [0.2, 0.25) is 0 Å². The lowest BCUT2D eigenvalue weighted by Gasteiger charge is -2.09. The van der Waals surface area contributed by atoms with Gasteiger partial charge in [0.25, 0.3) is 0 Å². The second-order valence-electron chi connectivity index (χ2n) is 8.41. The molecule has 2 atom stereocenters.